The highest BCUT2D eigenvalue weighted by Crippen LogP contribution is 2.42. The highest BCUT2D eigenvalue weighted by Gasteiger charge is 2.36. The molecule has 0 fully saturated rings. The first-order valence-corrected chi connectivity index (χ1v) is 9.81. The van der Waals surface area contributed by atoms with E-state index in [9.17, 15) is 32.9 Å². The molecule has 0 aliphatic carbocycles. The third kappa shape index (κ3) is 5.68. The fourth-order valence-electron chi connectivity index (χ4n) is 2.68. The number of carbonyl (C=O) groups is 2. The summed E-state index contributed by atoms with van der Waals surface area (Å²) in [6, 6.07) is 6.11. The van der Waals surface area contributed by atoms with Gasteiger partial charge in [-0.25, -0.2) is 0 Å². The number of hydrogen-bond donors (Lipinski definition) is 1. The Labute approximate surface area is 188 Å². The molecule has 0 aromatic heterocycles. The number of non-ortho nitro benzene ring substituents is 1. The average Bonchev–Trinajstić information content (AvgIpc) is 3.05. The Morgan fingerprint density at radius 2 is 1.91 bits per heavy atom. The number of amidine groups is 1. The lowest BCUT2D eigenvalue weighted by Gasteiger charge is -2.15. The Bertz CT molecular complexity index is 1210. The topological polar surface area (TPSA) is 120 Å². The van der Waals surface area contributed by atoms with Gasteiger partial charge in [-0.3, -0.25) is 19.7 Å². The van der Waals surface area contributed by atoms with E-state index in [0.717, 1.165) is 17.8 Å². The third-order valence-electron chi connectivity index (χ3n) is 4.09. The Morgan fingerprint density at radius 3 is 2.52 bits per heavy atom. The van der Waals surface area contributed by atoms with Gasteiger partial charge >= 0.3 is 6.18 Å². The summed E-state index contributed by atoms with van der Waals surface area (Å²) < 4.78 is 50.6. The molecule has 0 unspecified atom stereocenters. The normalized spacial score (nSPS) is 14.8. The zero-order valence-corrected chi connectivity index (χ0v) is 17.7. The molecule has 1 aliphatic rings. The van der Waals surface area contributed by atoms with Gasteiger partial charge in [0.2, 0.25) is 5.91 Å². The van der Waals surface area contributed by atoms with E-state index >= 15 is 0 Å². The molecule has 2 amide bonds. The number of ether oxygens (including phenoxy) is 2. The molecule has 2 aromatic carbocycles. The van der Waals surface area contributed by atoms with Crippen molar-refractivity contribution < 1.29 is 37.2 Å². The molecule has 0 bridgehead atoms. The van der Waals surface area contributed by atoms with E-state index in [-0.39, 0.29) is 21.6 Å². The minimum absolute atomic E-state index is 0.0161. The van der Waals surface area contributed by atoms with Crippen LogP contribution < -0.4 is 14.8 Å². The molecule has 1 N–H and O–H groups in total. The maximum atomic E-state index is 13.3. The van der Waals surface area contributed by atoms with Crippen LogP contribution >= 0.6 is 11.8 Å². The average molecular weight is 481 g/mol. The summed E-state index contributed by atoms with van der Waals surface area (Å²) in [7, 11) is 1.25. The number of halogens is 3. The van der Waals surface area contributed by atoms with Crippen molar-refractivity contribution in [3.63, 3.8) is 0 Å². The fraction of sp³-hybridized carbons (Fsp3) is 0.150. The molecule has 2 aromatic rings. The summed E-state index contributed by atoms with van der Waals surface area (Å²) in [5.41, 5.74) is -1.34. The molecule has 0 saturated carbocycles. The van der Waals surface area contributed by atoms with Crippen LogP contribution in [0.2, 0.25) is 0 Å². The van der Waals surface area contributed by atoms with Crippen LogP contribution in [0.5, 0.6) is 17.2 Å². The predicted octanol–water partition coefficient (Wildman–Crippen LogP) is 4.52. The summed E-state index contributed by atoms with van der Waals surface area (Å²) in [5.74, 6) is -1.85. The van der Waals surface area contributed by atoms with Crippen LogP contribution in [0.1, 0.15) is 18.1 Å². The maximum absolute atomic E-state index is 13.3. The highest BCUT2D eigenvalue weighted by atomic mass is 32.2. The summed E-state index contributed by atoms with van der Waals surface area (Å²) in [4.78, 5) is 37.2. The van der Waals surface area contributed by atoms with E-state index in [1.807, 2.05) is 0 Å². The van der Waals surface area contributed by atoms with Crippen LogP contribution in [0.4, 0.5) is 18.9 Å². The summed E-state index contributed by atoms with van der Waals surface area (Å²) in [6.45, 7) is 1.27. The molecule has 1 aliphatic heterocycles. The first kappa shape index (κ1) is 23.8. The number of nitro benzene ring substituents is 1. The van der Waals surface area contributed by atoms with Crippen molar-refractivity contribution in [3.8, 4) is 17.2 Å². The van der Waals surface area contributed by atoms with Gasteiger partial charge in [0, 0.05) is 13.0 Å². The number of benzene rings is 2. The zero-order valence-electron chi connectivity index (χ0n) is 16.9. The minimum Gasteiger partial charge on any atom is -0.493 e. The lowest BCUT2D eigenvalue weighted by molar-refractivity contribution is -0.385. The number of nitrogens with one attached hydrogen (secondary N) is 1. The van der Waals surface area contributed by atoms with Gasteiger partial charge in [-0.15, -0.1) is 0 Å². The Kier molecular flexibility index (Phi) is 6.72. The molecule has 1 heterocycles. The number of hydrogen-bond acceptors (Lipinski definition) is 7. The molecule has 3 rings (SSSR count). The zero-order chi connectivity index (χ0) is 24.3. The number of aliphatic imine (C=N–C) groups is 1. The van der Waals surface area contributed by atoms with E-state index in [1.165, 1.54) is 38.3 Å². The van der Waals surface area contributed by atoms with Crippen molar-refractivity contribution in [2.45, 2.75) is 13.1 Å². The fourth-order valence-corrected chi connectivity index (χ4v) is 3.54. The second-order valence-electron chi connectivity index (χ2n) is 6.46. The molecule has 33 heavy (non-hydrogen) atoms. The summed E-state index contributed by atoms with van der Waals surface area (Å²) in [5, 5.41) is 13.5. The third-order valence-corrected chi connectivity index (χ3v) is 4.99. The largest absolute Gasteiger partial charge is 0.493 e. The number of alkyl halides is 3. The number of amides is 2. The van der Waals surface area contributed by atoms with Crippen LogP contribution in [-0.4, -0.2) is 29.0 Å². The van der Waals surface area contributed by atoms with Gasteiger partial charge in [0.15, 0.2) is 16.7 Å². The summed E-state index contributed by atoms with van der Waals surface area (Å²) >= 11 is 0.940. The van der Waals surface area contributed by atoms with Crippen molar-refractivity contribution in [2.75, 3.05) is 7.11 Å². The predicted molar refractivity (Wildman–Crippen MR) is 113 cm³/mol. The lowest BCUT2D eigenvalue weighted by atomic mass is 10.1. The van der Waals surface area contributed by atoms with Gasteiger partial charge in [-0.2, -0.15) is 18.2 Å². The van der Waals surface area contributed by atoms with E-state index in [1.54, 1.807) is 0 Å². The van der Waals surface area contributed by atoms with E-state index < -0.39 is 39.9 Å². The van der Waals surface area contributed by atoms with Crippen LogP contribution in [0.15, 0.2) is 46.3 Å². The van der Waals surface area contributed by atoms with Gasteiger partial charge in [-0.05, 0) is 41.6 Å². The Balaban J connectivity index is 1.92. The van der Waals surface area contributed by atoms with Crippen molar-refractivity contribution in [3.05, 3.63) is 62.5 Å². The minimum atomic E-state index is -4.81. The Hall–Kier alpha value is -3.87. The standard InChI is InChI=1S/C20H14F3N3O6S/c1-10(27)24-19-25-18(28)17(33-19)8-11-3-6-14(16(7-11)31-2)32-15-9-12(26(29)30)4-5-13(15)20(21,22)23/h3-9H,1-2H3,(H,24,25,27,28)/b17-8+. The second kappa shape index (κ2) is 9.32. The van der Waals surface area contributed by atoms with Crippen molar-refractivity contribution in [1.82, 2.24) is 5.32 Å². The molecule has 0 atom stereocenters. The van der Waals surface area contributed by atoms with E-state index in [2.05, 4.69) is 10.3 Å². The van der Waals surface area contributed by atoms with Gasteiger partial charge < -0.3 is 14.8 Å². The second-order valence-corrected chi connectivity index (χ2v) is 7.49. The van der Waals surface area contributed by atoms with Gasteiger partial charge in [0.25, 0.3) is 11.6 Å². The maximum Gasteiger partial charge on any atom is 0.419 e. The molecule has 13 heteroatoms. The smallest absolute Gasteiger partial charge is 0.419 e. The molecule has 0 radical (unpaired) electrons. The van der Waals surface area contributed by atoms with Crippen LogP contribution in [0.25, 0.3) is 6.08 Å². The molecule has 0 spiro atoms. The number of nitro groups is 1. The van der Waals surface area contributed by atoms with Crippen LogP contribution in [0.3, 0.4) is 0 Å². The van der Waals surface area contributed by atoms with E-state index in [0.29, 0.717) is 17.7 Å². The SMILES string of the molecule is COc1cc(/C=C2/SC(NC(C)=O)=NC2=O)ccc1Oc1cc([N+](=O)[O-])ccc1C(F)(F)F. The van der Waals surface area contributed by atoms with Crippen LogP contribution in [0, 0.1) is 10.1 Å². The quantitative estimate of drug-likeness (QED) is 0.379. The molecule has 9 nitrogen and oxygen atoms in total. The van der Waals surface area contributed by atoms with Gasteiger partial charge in [-0.1, -0.05) is 6.07 Å². The molecule has 172 valence electrons. The molecular weight excluding hydrogens is 467 g/mol. The monoisotopic (exact) mass is 481 g/mol. The van der Waals surface area contributed by atoms with Crippen molar-refractivity contribution in [1.29, 1.82) is 0 Å². The van der Waals surface area contributed by atoms with Crippen molar-refractivity contribution in [2.24, 2.45) is 4.99 Å². The Morgan fingerprint density at radius 1 is 1.18 bits per heavy atom. The first-order valence-electron chi connectivity index (χ1n) is 8.99. The highest BCUT2D eigenvalue weighted by molar-refractivity contribution is 8.18. The summed E-state index contributed by atoms with van der Waals surface area (Å²) in [6.07, 6.45) is -3.36. The van der Waals surface area contributed by atoms with Gasteiger partial charge in [0.05, 0.1) is 28.6 Å². The number of carbonyl (C=O) groups excluding carboxylic acids is 2. The number of thioether (sulfide) groups is 1. The number of nitrogens with zero attached hydrogens (tertiary/aromatic N) is 2. The lowest BCUT2D eigenvalue weighted by Crippen LogP contribution is -2.23. The molecular formula is C20H14F3N3O6S. The first-order chi connectivity index (χ1) is 15.5. The van der Waals surface area contributed by atoms with Crippen molar-refractivity contribution >= 4 is 40.5 Å². The van der Waals surface area contributed by atoms with E-state index in [4.69, 9.17) is 9.47 Å². The van der Waals surface area contributed by atoms with Crippen LogP contribution in [-0.2, 0) is 15.8 Å². The number of methoxy groups -OCH3 is 1. The van der Waals surface area contributed by atoms with Gasteiger partial charge in [0.1, 0.15) is 5.75 Å². The molecule has 0 saturated heterocycles. The number of rotatable bonds is 5.